The lowest BCUT2D eigenvalue weighted by atomic mass is 10.3. The molecule has 2 heterocycles. The van der Waals surface area contributed by atoms with E-state index in [9.17, 15) is 0 Å². The van der Waals surface area contributed by atoms with Crippen molar-refractivity contribution in [1.82, 2.24) is 20.5 Å². The number of H-pyrrole nitrogens is 2. The fourth-order valence-electron chi connectivity index (χ4n) is 1.27. The van der Waals surface area contributed by atoms with Crippen LogP contribution in [0.3, 0.4) is 0 Å². The van der Waals surface area contributed by atoms with E-state index < -0.39 is 0 Å². The third-order valence-electron chi connectivity index (χ3n) is 1.87. The van der Waals surface area contributed by atoms with Gasteiger partial charge < -0.3 is 10.3 Å². The summed E-state index contributed by atoms with van der Waals surface area (Å²) in [6, 6.07) is 5.99. The number of nitrogens with one attached hydrogen (secondary N) is 3. The minimum atomic E-state index is 0.813. The summed E-state index contributed by atoms with van der Waals surface area (Å²) in [5.74, 6) is 0. The minimum absolute atomic E-state index is 0.813. The highest BCUT2D eigenvalue weighted by Crippen LogP contribution is 2.14. The highest BCUT2D eigenvalue weighted by atomic mass is 15.1. The van der Waals surface area contributed by atoms with Gasteiger partial charge in [-0.15, -0.1) is 0 Å². The minimum Gasteiger partial charge on any atom is -0.360 e. The van der Waals surface area contributed by atoms with Crippen molar-refractivity contribution in [3.63, 3.8) is 0 Å². The highest BCUT2D eigenvalue weighted by Gasteiger charge is 2.02. The first-order valence-corrected chi connectivity index (χ1v) is 4.23. The fourth-order valence-corrected chi connectivity index (χ4v) is 1.27. The number of hydrogen-bond donors (Lipinski definition) is 3. The molecule has 0 aliphatic rings. The van der Waals surface area contributed by atoms with Gasteiger partial charge in [0.05, 0.1) is 5.69 Å². The zero-order chi connectivity index (χ0) is 9.10. The van der Waals surface area contributed by atoms with Gasteiger partial charge in [-0.1, -0.05) is 0 Å². The molecule has 4 heteroatoms. The summed E-state index contributed by atoms with van der Waals surface area (Å²) in [5.41, 5.74) is 3.08. The van der Waals surface area contributed by atoms with Gasteiger partial charge in [0, 0.05) is 18.4 Å². The summed E-state index contributed by atoms with van der Waals surface area (Å²) in [7, 11) is 1.91. The van der Waals surface area contributed by atoms with Gasteiger partial charge in [-0.25, -0.2) is 0 Å². The lowest BCUT2D eigenvalue weighted by Crippen LogP contribution is -2.04. The first-order chi connectivity index (χ1) is 6.40. The van der Waals surface area contributed by atoms with Crippen LogP contribution in [0.15, 0.2) is 24.4 Å². The molecule has 3 N–H and O–H groups in total. The van der Waals surface area contributed by atoms with Crippen LogP contribution >= 0.6 is 0 Å². The fraction of sp³-hybridized carbons (Fsp3) is 0.222. The van der Waals surface area contributed by atoms with Gasteiger partial charge >= 0.3 is 0 Å². The highest BCUT2D eigenvalue weighted by molar-refractivity contribution is 5.54. The summed E-state index contributed by atoms with van der Waals surface area (Å²) in [5, 5.41) is 10.2. The molecule has 0 bridgehead atoms. The van der Waals surface area contributed by atoms with Crippen LogP contribution in [0.1, 0.15) is 5.69 Å². The van der Waals surface area contributed by atoms with E-state index in [0.29, 0.717) is 0 Å². The third-order valence-corrected chi connectivity index (χ3v) is 1.87. The monoisotopic (exact) mass is 176 g/mol. The van der Waals surface area contributed by atoms with E-state index in [0.717, 1.165) is 23.6 Å². The Balaban J connectivity index is 2.23. The molecule has 68 valence electrons. The van der Waals surface area contributed by atoms with Crippen molar-refractivity contribution in [2.75, 3.05) is 7.05 Å². The van der Waals surface area contributed by atoms with Crippen LogP contribution in [0.5, 0.6) is 0 Å². The molecule has 0 aliphatic carbocycles. The van der Waals surface area contributed by atoms with Crippen molar-refractivity contribution in [2.45, 2.75) is 6.54 Å². The maximum atomic E-state index is 4.18. The van der Waals surface area contributed by atoms with Crippen molar-refractivity contribution in [3.8, 4) is 11.4 Å². The molecule has 13 heavy (non-hydrogen) atoms. The zero-order valence-corrected chi connectivity index (χ0v) is 7.46. The third kappa shape index (κ3) is 1.62. The van der Waals surface area contributed by atoms with Gasteiger partial charge in [-0.3, -0.25) is 5.10 Å². The summed E-state index contributed by atoms with van der Waals surface area (Å²) in [6.07, 6.45) is 1.89. The van der Waals surface area contributed by atoms with Crippen LogP contribution in [0.25, 0.3) is 11.4 Å². The molecule has 0 fully saturated rings. The average Bonchev–Trinajstić information content (AvgIpc) is 2.70. The SMILES string of the molecule is CNCc1cc(-c2ccc[nH]2)n[nH]1. The number of nitrogens with zero attached hydrogens (tertiary/aromatic N) is 1. The molecular formula is C9H12N4. The molecule has 0 amide bonds. The largest absolute Gasteiger partial charge is 0.360 e. The number of aromatic nitrogens is 3. The molecule has 4 nitrogen and oxygen atoms in total. The van der Waals surface area contributed by atoms with Gasteiger partial charge in [0.2, 0.25) is 0 Å². The predicted octanol–water partition coefficient (Wildman–Crippen LogP) is 1.12. The van der Waals surface area contributed by atoms with E-state index in [2.05, 4.69) is 20.5 Å². The van der Waals surface area contributed by atoms with Crippen molar-refractivity contribution >= 4 is 0 Å². The Morgan fingerprint density at radius 2 is 2.46 bits per heavy atom. The van der Waals surface area contributed by atoms with Gasteiger partial charge in [-0.05, 0) is 25.2 Å². The Morgan fingerprint density at radius 1 is 1.54 bits per heavy atom. The van der Waals surface area contributed by atoms with Crippen LogP contribution in [-0.2, 0) is 6.54 Å². The molecule has 0 radical (unpaired) electrons. The predicted molar refractivity (Wildman–Crippen MR) is 51.1 cm³/mol. The van der Waals surface area contributed by atoms with Crippen molar-refractivity contribution < 1.29 is 0 Å². The first kappa shape index (κ1) is 8.07. The summed E-state index contributed by atoms with van der Waals surface area (Å²) in [6.45, 7) is 0.813. The second-order valence-electron chi connectivity index (χ2n) is 2.89. The smallest absolute Gasteiger partial charge is 0.109 e. The topological polar surface area (TPSA) is 56.5 Å². The molecular weight excluding hydrogens is 164 g/mol. The van der Waals surface area contributed by atoms with E-state index in [1.165, 1.54) is 0 Å². The van der Waals surface area contributed by atoms with Crippen molar-refractivity contribution in [1.29, 1.82) is 0 Å². The average molecular weight is 176 g/mol. The number of aromatic amines is 2. The molecule has 0 aliphatic heterocycles. The first-order valence-electron chi connectivity index (χ1n) is 4.23. The van der Waals surface area contributed by atoms with E-state index >= 15 is 0 Å². The molecule has 0 aromatic carbocycles. The Hall–Kier alpha value is -1.55. The van der Waals surface area contributed by atoms with Gasteiger partial charge in [-0.2, -0.15) is 5.10 Å². The second-order valence-corrected chi connectivity index (χ2v) is 2.89. The Kier molecular flexibility index (Phi) is 2.14. The Morgan fingerprint density at radius 3 is 3.15 bits per heavy atom. The van der Waals surface area contributed by atoms with Crippen LogP contribution in [0, 0.1) is 0 Å². The quantitative estimate of drug-likeness (QED) is 0.656. The van der Waals surface area contributed by atoms with Crippen LogP contribution in [0.4, 0.5) is 0 Å². The summed E-state index contributed by atoms with van der Waals surface area (Å²) < 4.78 is 0. The molecule has 2 aromatic heterocycles. The maximum absolute atomic E-state index is 4.18. The molecule has 0 saturated carbocycles. The normalized spacial score (nSPS) is 10.5. The zero-order valence-electron chi connectivity index (χ0n) is 7.46. The van der Waals surface area contributed by atoms with E-state index in [-0.39, 0.29) is 0 Å². The second kappa shape index (κ2) is 3.45. The molecule has 0 unspecified atom stereocenters. The Labute approximate surface area is 76.4 Å². The number of hydrogen-bond acceptors (Lipinski definition) is 2. The van der Waals surface area contributed by atoms with Gasteiger partial charge in [0.1, 0.15) is 5.69 Å². The van der Waals surface area contributed by atoms with E-state index in [1.807, 2.05) is 31.4 Å². The molecule has 0 saturated heterocycles. The molecule has 2 aromatic rings. The van der Waals surface area contributed by atoms with Crippen LogP contribution < -0.4 is 5.32 Å². The summed E-state index contributed by atoms with van der Waals surface area (Å²) in [4.78, 5) is 3.11. The van der Waals surface area contributed by atoms with Gasteiger partial charge in [0.25, 0.3) is 0 Å². The standard InChI is InChI=1S/C9H12N4/c1-10-6-7-5-9(13-12-7)8-3-2-4-11-8/h2-5,10-11H,6H2,1H3,(H,12,13). The summed E-state index contributed by atoms with van der Waals surface area (Å²) >= 11 is 0. The molecule has 0 spiro atoms. The Bertz CT molecular complexity index is 361. The van der Waals surface area contributed by atoms with Crippen LogP contribution in [0.2, 0.25) is 0 Å². The molecule has 0 atom stereocenters. The van der Waals surface area contributed by atoms with Crippen LogP contribution in [-0.4, -0.2) is 22.2 Å². The van der Waals surface area contributed by atoms with Crippen molar-refractivity contribution in [2.24, 2.45) is 0 Å². The van der Waals surface area contributed by atoms with E-state index in [1.54, 1.807) is 0 Å². The lowest BCUT2D eigenvalue weighted by Gasteiger charge is -1.90. The maximum Gasteiger partial charge on any atom is 0.109 e. The van der Waals surface area contributed by atoms with Gasteiger partial charge in [0.15, 0.2) is 0 Å². The van der Waals surface area contributed by atoms with Crippen molar-refractivity contribution in [3.05, 3.63) is 30.1 Å². The van der Waals surface area contributed by atoms with E-state index in [4.69, 9.17) is 0 Å². The lowest BCUT2D eigenvalue weighted by molar-refractivity contribution is 0.784. The number of rotatable bonds is 3. The molecule has 2 rings (SSSR count).